The van der Waals surface area contributed by atoms with E-state index in [1.54, 1.807) is 0 Å². The topological polar surface area (TPSA) is 17.1 Å². The molecule has 0 aromatic rings. The highest BCUT2D eigenvalue weighted by Gasteiger charge is 2.10. The number of hydrogen-bond donors (Lipinski definition) is 0. The van der Waals surface area contributed by atoms with Gasteiger partial charge in [0, 0.05) is 12.3 Å². The van der Waals surface area contributed by atoms with Gasteiger partial charge in [-0.15, -0.1) is 0 Å². The normalized spacial score (nSPS) is 13.4. The molecule has 82 valence electrons. The Labute approximate surface area is 88.6 Å². The van der Waals surface area contributed by atoms with E-state index in [0.717, 1.165) is 38.5 Å². The Bertz CT molecular complexity index is 170. The van der Waals surface area contributed by atoms with E-state index >= 15 is 0 Å². The Balaban J connectivity index is 3.48. The van der Waals surface area contributed by atoms with Gasteiger partial charge < -0.3 is 0 Å². The second-order valence-corrected chi connectivity index (χ2v) is 3.93. The molecular weight excluding hydrogens is 172 g/mol. The van der Waals surface area contributed by atoms with Crippen molar-refractivity contribution >= 4 is 5.78 Å². The molecule has 0 aromatic carbocycles. The van der Waals surface area contributed by atoms with Crippen LogP contribution in [0.3, 0.4) is 0 Å². The van der Waals surface area contributed by atoms with Crippen LogP contribution in [0.25, 0.3) is 0 Å². The van der Waals surface area contributed by atoms with Gasteiger partial charge in [-0.1, -0.05) is 32.9 Å². The van der Waals surface area contributed by atoms with E-state index in [9.17, 15) is 4.79 Å². The molecule has 0 aromatic heterocycles. The molecule has 0 radical (unpaired) electrons. The SMILES string of the molecule is CCC=CCCCC(C)C(=O)CCC. The first-order valence-electron chi connectivity index (χ1n) is 5.90. The van der Waals surface area contributed by atoms with Crippen LogP contribution in [0, 0.1) is 5.92 Å². The van der Waals surface area contributed by atoms with Crippen molar-refractivity contribution in [2.75, 3.05) is 0 Å². The highest BCUT2D eigenvalue weighted by atomic mass is 16.1. The highest BCUT2D eigenvalue weighted by molar-refractivity contribution is 5.80. The smallest absolute Gasteiger partial charge is 0.135 e. The highest BCUT2D eigenvalue weighted by Crippen LogP contribution is 2.12. The van der Waals surface area contributed by atoms with Crippen LogP contribution < -0.4 is 0 Å². The molecule has 0 saturated carbocycles. The standard InChI is InChI=1S/C13H24O/c1-4-6-7-8-9-11-12(3)13(14)10-5-2/h6-7,12H,4-5,8-11H2,1-3H3. The molecule has 0 saturated heterocycles. The summed E-state index contributed by atoms with van der Waals surface area (Å²) in [5.74, 6) is 0.706. The van der Waals surface area contributed by atoms with Gasteiger partial charge in [0.15, 0.2) is 0 Å². The van der Waals surface area contributed by atoms with Crippen molar-refractivity contribution in [3.8, 4) is 0 Å². The third-order valence-corrected chi connectivity index (χ3v) is 2.46. The summed E-state index contributed by atoms with van der Waals surface area (Å²) >= 11 is 0. The fourth-order valence-corrected chi connectivity index (χ4v) is 1.48. The number of unbranched alkanes of at least 4 members (excludes halogenated alkanes) is 1. The number of hydrogen-bond acceptors (Lipinski definition) is 1. The molecule has 0 fully saturated rings. The minimum atomic E-state index is 0.268. The molecule has 1 heteroatoms. The number of ketones is 1. The summed E-state index contributed by atoms with van der Waals surface area (Å²) in [7, 11) is 0. The minimum absolute atomic E-state index is 0.268. The molecule has 0 aliphatic rings. The van der Waals surface area contributed by atoms with Crippen molar-refractivity contribution in [2.24, 2.45) is 5.92 Å². The Kier molecular flexibility index (Phi) is 8.61. The van der Waals surface area contributed by atoms with Crippen LogP contribution in [0.5, 0.6) is 0 Å². The lowest BCUT2D eigenvalue weighted by Crippen LogP contribution is -2.09. The molecule has 0 amide bonds. The maximum atomic E-state index is 11.4. The number of carbonyl (C=O) groups excluding carboxylic acids is 1. The Morgan fingerprint density at radius 1 is 1.29 bits per heavy atom. The average molecular weight is 196 g/mol. The first kappa shape index (κ1) is 13.4. The second kappa shape index (κ2) is 8.98. The molecule has 0 N–H and O–H groups in total. The van der Waals surface area contributed by atoms with Crippen LogP contribution in [0.2, 0.25) is 0 Å². The van der Waals surface area contributed by atoms with Crippen molar-refractivity contribution in [3.05, 3.63) is 12.2 Å². The maximum Gasteiger partial charge on any atom is 0.135 e. The second-order valence-electron chi connectivity index (χ2n) is 3.93. The quantitative estimate of drug-likeness (QED) is 0.421. The molecule has 0 rings (SSSR count). The lowest BCUT2D eigenvalue weighted by molar-refractivity contribution is -0.122. The fourth-order valence-electron chi connectivity index (χ4n) is 1.48. The van der Waals surface area contributed by atoms with E-state index in [4.69, 9.17) is 0 Å². The zero-order valence-electron chi connectivity index (χ0n) is 9.88. The Morgan fingerprint density at radius 2 is 2.00 bits per heavy atom. The predicted octanol–water partition coefficient (Wildman–Crippen LogP) is 4.13. The molecule has 0 bridgehead atoms. The molecule has 1 nitrogen and oxygen atoms in total. The summed E-state index contributed by atoms with van der Waals surface area (Å²) in [6.07, 6.45) is 10.6. The summed E-state index contributed by atoms with van der Waals surface area (Å²) in [4.78, 5) is 11.4. The summed E-state index contributed by atoms with van der Waals surface area (Å²) < 4.78 is 0. The van der Waals surface area contributed by atoms with E-state index in [1.807, 2.05) is 0 Å². The van der Waals surface area contributed by atoms with Gasteiger partial charge in [-0.05, 0) is 32.1 Å². The molecular formula is C13H24O. The molecule has 14 heavy (non-hydrogen) atoms. The van der Waals surface area contributed by atoms with Gasteiger partial charge in [0.05, 0.1) is 0 Å². The van der Waals surface area contributed by atoms with Gasteiger partial charge in [-0.2, -0.15) is 0 Å². The van der Waals surface area contributed by atoms with Crippen LogP contribution in [-0.4, -0.2) is 5.78 Å². The largest absolute Gasteiger partial charge is 0.299 e. The van der Waals surface area contributed by atoms with Crippen molar-refractivity contribution < 1.29 is 4.79 Å². The number of carbonyl (C=O) groups is 1. The van der Waals surface area contributed by atoms with E-state index in [0.29, 0.717) is 5.78 Å². The first-order chi connectivity index (χ1) is 6.72. The maximum absolute atomic E-state index is 11.4. The van der Waals surface area contributed by atoms with Gasteiger partial charge in [0.25, 0.3) is 0 Å². The minimum Gasteiger partial charge on any atom is -0.299 e. The van der Waals surface area contributed by atoms with Crippen molar-refractivity contribution in [1.82, 2.24) is 0 Å². The van der Waals surface area contributed by atoms with E-state index in [1.165, 1.54) is 0 Å². The average Bonchev–Trinajstić information content (AvgIpc) is 2.17. The number of rotatable bonds is 8. The van der Waals surface area contributed by atoms with E-state index < -0.39 is 0 Å². The van der Waals surface area contributed by atoms with Crippen LogP contribution in [0.15, 0.2) is 12.2 Å². The Morgan fingerprint density at radius 3 is 2.57 bits per heavy atom. The zero-order valence-corrected chi connectivity index (χ0v) is 9.88. The van der Waals surface area contributed by atoms with E-state index in [2.05, 4.69) is 32.9 Å². The van der Waals surface area contributed by atoms with Gasteiger partial charge in [0.1, 0.15) is 5.78 Å². The van der Waals surface area contributed by atoms with Gasteiger partial charge >= 0.3 is 0 Å². The van der Waals surface area contributed by atoms with Crippen LogP contribution in [0.1, 0.15) is 59.3 Å². The summed E-state index contributed by atoms with van der Waals surface area (Å²) in [5.41, 5.74) is 0. The van der Waals surface area contributed by atoms with Crippen LogP contribution in [-0.2, 0) is 4.79 Å². The van der Waals surface area contributed by atoms with Crippen molar-refractivity contribution in [2.45, 2.75) is 59.3 Å². The lowest BCUT2D eigenvalue weighted by atomic mass is 9.96. The van der Waals surface area contributed by atoms with Gasteiger partial charge in [-0.25, -0.2) is 0 Å². The van der Waals surface area contributed by atoms with E-state index in [-0.39, 0.29) is 5.92 Å². The lowest BCUT2D eigenvalue weighted by Gasteiger charge is -2.08. The molecule has 0 aliphatic carbocycles. The van der Waals surface area contributed by atoms with Crippen LogP contribution in [0.4, 0.5) is 0 Å². The molecule has 0 aliphatic heterocycles. The van der Waals surface area contributed by atoms with Crippen molar-refractivity contribution in [1.29, 1.82) is 0 Å². The molecule has 1 unspecified atom stereocenters. The zero-order chi connectivity index (χ0) is 10.8. The summed E-state index contributed by atoms with van der Waals surface area (Å²) in [5, 5.41) is 0. The monoisotopic (exact) mass is 196 g/mol. The Hall–Kier alpha value is -0.590. The third kappa shape index (κ3) is 6.88. The van der Waals surface area contributed by atoms with Crippen LogP contribution >= 0.6 is 0 Å². The number of allylic oxidation sites excluding steroid dienone is 2. The van der Waals surface area contributed by atoms with Gasteiger partial charge in [-0.3, -0.25) is 4.79 Å². The third-order valence-electron chi connectivity index (χ3n) is 2.46. The fraction of sp³-hybridized carbons (Fsp3) is 0.769. The molecule has 0 spiro atoms. The molecule has 0 heterocycles. The first-order valence-corrected chi connectivity index (χ1v) is 5.90. The number of Topliss-reactive ketones (excluding diaryl/α,β-unsaturated/α-hetero) is 1. The summed E-state index contributed by atoms with van der Waals surface area (Å²) in [6, 6.07) is 0. The predicted molar refractivity (Wildman–Crippen MR) is 62.4 cm³/mol. The van der Waals surface area contributed by atoms with Gasteiger partial charge in [0.2, 0.25) is 0 Å². The summed E-state index contributed by atoms with van der Waals surface area (Å²) in [6.45, 7) is 6.26. The molecule has 1 atom stereocenters. The van der Waals surface area contributed by atoms with Crippen molar-refractivity contribution in [3.63, 3.8) is 0 Å².